The first-order chi connectivity index (χ1) is 11.3. The fourth-order valence-corrected chi connectivity index (χ4v) is 3.52. The zero-order valence-electron chi connectivity index (χ0n) is 15.5. The van der Waals surface area contributed by atoms with E-state index in [-0.39, 0.29) is 11.7 Å². The molecule has 134 valence electrons. The Morgan fingerprint density at radius 3 is 2.46 bits per heavy atom. The number of benzene rings is 1. The van der Waals surface area contributed by atoms with E-state index in [1.54, 1.807) is 12.1 Å². The van der Waals surface area contributed by atoms with Gasteiger partial charge in [-0.25, -0.2) is 4.39 Å². The number of halogens is 1. The van der Waals surface area contributed by atoms with Crippen molar-refractivity contribution < 1.29 is 9.18 Å². The number of amides is 1. The molecule has 1 fully saturated rings. The van der Waals surface area contributed by atoms with E-state index in [4.69, 9.17) is 0 Å². The first-order valence-corrected chi connectivity index (χ1v) is 8.65. The van der Waals surface area contributed by atoms with Gasteiger partial charge in [0, 0.05) is 31.2 Å². The minimum absolute atomic E-state index is 0.129. The Balaban J connectivity index is 1.93. The number of rotatable bonds is 6. The van der Waals surface area contributed by atoms with Crippen molar-refractivity contribution in [1.29, 1.82) is 0 Å². The molecule has 0 saturated carbocycles. The van der Waals surface area contributed by atoms with Crippen LogP contribution in [-0.4, -0.2) is 67.4 Å². The predicted octanol–water partition coefficient (Wildman–Crippen LogP) is 2.30. The summed E-state index contributed by atoms with van der Waals surface area (Å²) in [6.07, 6.45) is 0. The van der Waals surface area contributed by atoms with E-state index >= 15 is 0 Å². The summed E-state index contributed by atoms with van der Waals surface area (Å²) in [4.78, 5) is 18.7. The van der Waals surface area contributed by atoms with E-state index < -0.39 is 0 Å². The van der Waals surface area contributed by atoms with Crippen LogP contribution in [0, 0.1) is 17.7 Å². The molecular weight excluding hydrogens is 305 g/mol. The van der Waals surface area contributed by atoms with Crippen LogP contribution >= 0.6 is 0 Å². The molecule has 0 N–H and O–H groups in total. The van der Waals surface area contributed by atoms with Gasteiger partial charge in [0.2, 0.25) is 5.91 Å². The van der Waals surface area contributed by atoms with Crippen molar-refractivity contribution in [2.45, 2.75) is 26.4 Å². The first-order valence-electron chi connectivity index (χ1n) is 8.65. The van der Waals surface area contributed by atoms with Gasteiger partial charge < -0.3 is 9.80 Å². The summed E-state index contributed by atoms with van der Waals surface area (Å²) in [5.41, 5.74) is 0.625. The number of carbonyl (C=O) groups is 1. The van der Waals surface area contributed by atoms with E-state index in [9.17, 15) is 9.18 Å². The second kappa shape index (κ2) is 8.08. The smallest absolute Gasteiger partial charge is 0.236 e. The number of likely N-dealkylation sites (N-methyl/N-ethyl adjacent to an activating group) is 2. The van der Waals surface area contributed by atoms with Gasteiger partial charge in [-0.2, -0.15) is 0 Å². The standard InChI is InChI=1S/C19H30FN3O/c1-14(2)16-11-23(12-18(16)21(3)4)19(24)13-22(5)10-15-8-6-7-9-17(15)20/h6-9,14,16,18H,10-13H2,1-5H3/t16-,18+/m0/s1. The van der Waals surface area contributed by atoms with Gasteiger partial charge in [0.25, 0.3) is 0 Å². The van der Waals surface area contributed by atoms with E-state index in [0.717, 1.165) is 13.1 Å². The van der Waals surface area contributed by atoms with Crippen LogP contribution in [0.4, 0.5) is 4.39 Å². The lowest BCUT2D eigenvalue weighted by Crippen LogP contribution is -2.40. The van der Waals surface area contributed by atoms with Gasteiger partial charge in [-0.15, -0.1) is 0 Å². The largest absolute Gasteiger partial charge is 0.340 e. The molecule has 5 heteroatoms. The predicted molar refractivity (Wildman–Crippen MR) is 95.1 cm³/mol. The van der Waals surface area contributed by atoms with Gasteiger partial charge in [0.05, 0.1) is 6.54 Å². The van der Waals surface area contributed by atoms with E-state index in [2.05, 4.69) is 32.8 Å². The summed E-state index contributed by atoms with van der Waals surface area (Å²) in [7, 11) is 6.03. The van der Waals surface area contributed by atoms with Crippen LogP contribution in [0.3, 0.4) is 0 Å². The minimum atomic E-state index is -0.217. The van der Waals surface area contributed by atoms with Crippen LogP contribution in [0.15, 0.2) is 24.3 Å². The Labute approximate surface area is 145 Å². The van der Waals surface area contributed by atoms with Crippen LogP contribution in [0.2, 0.25) is 0 Å². The fraction of sp³-hybridized carbons (Fsp3) is 0.632. The summed E-state index contributed by atoms with van der Waals surface area (Å²) in [6, 6.07) is 7.14. The summed E-state index contributed by atoms with van der Waals surface area (Å²) in [5.74, 6) is 0.960. The monoisotopic (exact) mass is 335 g/mol. The van der Waals surface area contributed by atoms with Gasteiger partial charge >= 0.3 is 0 Å². The zero-order chi connectivity index (χ0) is 17.9. The van der Waals surface area contributed by atoms with Crippen LogP contribution in [0.5, 0.6) is 0 Å². The molecule has 24 heavy (non-hydrogen) atoms. The summed E-state index contributed by atoms with van der Waals surface area (Å²) in [6.45, 7) is 6.80. The molecule has 0 radical (unpaired) electrons. The van der Waals surface area contributed by atoms with Gasteiger partial charge in [0.15, 0.2) is 0 Å². The van der Waals surface area contributed by atoms with Crippen molar-refractivity contribution in [3.05, 3.63) is 35.6 Å². The molecule has 0 aliphatic carbocycles. The average molecular weight is 335 g/mol. The molecule has 2 rings (SSSR count). The highest BCUT2D eigenvalue weighted by Gasteiger charge is 2.37. The van der Waals surface area contributed by atoms with E-state index in [1.807, 2.05) is 22.9 Å². The molecular formula is C19H30FN3O. The highest BCUT2D eigenvalue weighted by atomic mass is 19.1. The molecule has 1 heterocycles. The molecule has 1 amide bonds. The molecule has 0 aromatic heterocycles. The number of hydrogen-bond acceptors (Lipinski definition) is 3. The van der Waals surface area contributed by atoms with Crippen molar-refractivity contribution in [3.8, 4) is 0 Å². The number of nitrogens with zero attached hydrogens (tertiary/aromatic N) is 3. The third kappa shape index (κ3) is 4.54. The number of likely N-dealkylation sites (tertiary alicyclic amines) is 1. The lowest BCUT2D eigenvalue weighted by atomic mass is 9.91. The van der Waals surface area contributed by atoms with E-state index in [1.165, 1.54) is 6.07 Å². The SMILES string of the molecule is CC(C)[C@@H]1CN(C(=O)CN(C)Cc2ccccc2F)C[C@H]1N(C)C. The maximum atomic E-state index is 13.7. The van der Waals surface area contributed by atoms with Crippen molar-refractivity contribution in [2.75, 3.05) is 40.8 Å². The Morgan fingerprint density at radius 1 is 1.25 bits per heavy atom. The van der Waals surface area contributed by atoms with Crippen LogP contribution in [0.25, 0.3) is 0 Å². The first kappa shape index (κ1) is 18.9. The van der Waals surface area contributed by atoms with Crippen LogP contribution in [0.1, 0.15) is 19.4 Å². The molecule has 2 atom stereocenters. The third-order valence-electron chi connectivity index (χ3n) is 5.01. The van der Waals surface area contributed by atoms with Gasteiger partial charge in [-0.05, 0) is 39.0 Å². The number of carbonyl (C=O) groups excluding carboxylic acids is 1. The zero-order valence-corrected chi connectivity index (χ0v) is 15.5. The molecule has 4 nitrogen and oxygen atoms in total. The molecule has 0 spiro atoms. The van der Waals surface area contributed by atoms with E-state index in [0.29, 0.717) is 36.5 Å². The lowest BCUT2D eigenvalue weighted by molar-refractivity contribution is -0.131. The summed E-state index contributed by atoms with van der Waals surface area (Å²) >= 11 is 0. The Hall–Kier alpha value is -1.46. The molecule has 1 aromatic rings. The fourth-order valence-electron chi connectivity index (χ4n) is 3.52. The second-order valence-electron chi connectivity index (χ2n) is 7.50. The minimum Gasteiger partial charge on any atom is -0.340 e. The summed E-state index contributed by atoms with van der Waals surface area (Å²) in [5, 5.41) is 0. The maximum absolute atomic E-state index is 13.7. The number of hydrogen-bond donors (Lipinski definition) is 0. The molecule has 1 saturated heterocycles. The van der Waals surface area contributed by atoms with Crippen molar-refractivity contribution in [2.24, 2.45) is 11.8 Å². The molecule has 1 aliphatic rings. The molecule has 0 unspecified atom stereocenters. The third-order valence-corrected chi connectivity index (χ3v) is 5.01. The molecule has 0 bridgehead atoms. The summed E-state index contributed by atoms with van der Waals surface area (Å²) < 4.78 is 13.7. The van der Waals surface area contributed by atoms with Gasteiger partial charge in [0.1, 0.15) is 5.82 Å². The van der Waals surface area contributed by atoms with Crippen molar-refractivity contribution >= 4 is 5.91 Å². The highest BCUT2D eigenvalue weighted by Crippen LogP contribution is 2.27. The Morgan fingerprint density at radius 2 is 1.92 bits per heavy atom. The van der Waals surface area contributed by atoms with Gasteiger partial charge in [-0.1, -0.05) is 32.0 Å². The van der Waals surface area contributed by atoms with Crippen LogP contribution in [-0.2, 0) is 11.3 Å². The highest BCUT2D eigenvalue weighted by molar-refractivity contribution is 5.78. The lowest BCUT2D eigenvalue weighted by Gasteiger charge is -2.27. The average Bonchev–Trinajstić information content (AvgIpc) is 2.95. The van der Waals surface area contributed by atoms with Crippen molar-refractivity contribution in [3.63, 3.8) is 0 Å². The van der Waals surface area contributed by atoms with Crippen LogP contribution < -0.4 is 0 Å². The topological polar surface area (TPSA) is 26.8 Å². The van der Waals surface area contributed by atoms with Gasteiger partial charge in [-0.3, -0.25) is 9.69 Å². The normalized spacial score (nSPS) is 21.3. The van der Waals surface area contributed by atoms with Crippen molar-refractivity contribution in [1.82, 2.24) is 14.7 Å². The Kier molecular flexibility index (Phi) is 6.35. The maximum Gasteiger partial charge on any atom is 0.236 e. The second-order valence-corrected chi connectivity index (χ2v) is 7.50. The molecule has 1 aliphatic heterocycles. The molecule has 1 aromatic carbocycles. The quantitative estimate of drug-likeness (QED) is 0.798. The Bertz CT molecular complexity index is 545.